The molecule has 0 aliphatic carbocycles. The first-order valence-electron chi connectivity index (χ1n) is 7.40. The van der Waals surface area contributed by atoms with Crippen LogP contribution < -0.4 is 5.32 Å². The molecular weight excluding hydrogens is 362 g/mol. The van der Waals surface area contributed by atoms with Gasteiger partial charge in [0.2, 0.25) is 0 Å². The van der Waals surface area contributed by atoms with E-state index in [2.05, 4.69) is 11.9 Å². The highest BCUT2D eigenvalue weighted by Gasteiger charge is 2.32. The average molecular weight is 374 g/mol. The van der Waals surface area contributed by atoms with Crippen molar-refractivity contribution in [2.45, 2.75) is 0 Å². The number of benzene rings is 1. The Kier molecular flexibility index (Phi) is 4.59. The Balaban J connectivity index is 1.92. The third-order valence-corrected chi connectivity index (χ3v) is 3.84. The largest absolute Gasteiger partial charge is 0.456 e. The molecule has 0 spiro atoms. The van der Waals surface area contributed by atoms with E-state index in [1.54, 1.807) is 0 Å². The molecule has 0 saturated carbocycles. The third-order valence-electron chi connectivity index (χ3n) is 3.61. The smallest absolute Gasteiger partial charge is 0.329 e. The molecule has 1 aliphatic rings. The number of nitro groups is 1. The average Bonchev–Trinajstić information content (AvgIpc) is 3.15. The van der Waals surface area contributed by atoms with Crippen molar-refractivity contribution in [3.8, 4) is 11.3 Å². The summed E-state index contributed by atoms with van der Waals surface area (Å²) in [6.45, 7) is 3.58. The van der Waals surface area contributed by atoms with E-state index in [4.69, 9.17) is 16.0 Å². The van der Waals surface area contributed by atoms with Gasteiger partial charge in [0.25, 0.3) is 11.6 Å². The van der Waals surface area contributed by atoms with E-state index in [1.165, 1.54) is 42.5 Å². The molecule has 2 aromatic rings. The van der Waals surface area contributed by atoms with Gasteiger partial charge in [-0.3, -0.25) is 19.8 Å². The third kappa shape index (κ3) is 3.22. The zero-order valence-electron chi connectivity index (χ0n) is 13.3. The van der Waals surface area contributed by atoms with Crippen LogP contribution in [0.5, 0.6) is 0 Å². The molecule has 26 heavy (non-hydrogen) atoms. The van der Waals surface area contributed by atoms with Gasteiger partial charge in [-0.1, -0.05) is 17.7 Å². The van der Waals surface area contributed by atoms with Gasteiger partial charge in [0.05, 0.1) is 10.5 Å². The normalized spacial score (nSPS) is 15.4. The van der Waals surface area contributed by atoms with E-state index in [9.17, 15) is 19.7 Å². The quantitative estimate of drug-likeness (QED) is 0.283. The number of halogens is 1. The summed E-state index contributed by atoms with van der Waals surface area (Å²) in [5.74, 6) is -0.0152. The van der Waals surface area contributed by atoms with Crippen molar-refractivity contribution in [1.29, 1.82) is 0 Å². The summed E-state index contributed by atoms with van der Waals surface area (Å²) < 4.78 is 5.57. The van der Waals surface area contributed by atoms with E-state index < -0.39 is 16.9 Å². The molecule has 3 rings (SSSR count). The molecule has 8 nitrogen and oxygen atoms in total. The molecule has 1 aromatic heterocycles. The number of carbonyl (C=O) groups excluding carboxylic acids is 2. The van der Waals surface area contributed by atoms with Crippen LogP contribution in [0.4, 0.5) is 10.5 Å². The summed E-state index contributed by atoms with van der Waals surface area (Å²) in [6, 6.07) is 6.73. The van der Waals surface area contributed by atoms with Gasteiger partial charge in [-0.05, 0) is 24.3 Å². The molecule has 0 bridgehead atoms. The van der Waals surface area contributed by atoms with Gasteiger partial charge in [-0.15, -0.1) is 6.58 Å². The van der Waals surface area contributed by atoms with Gasteiger partial charge in [0, 0.05) is 23.7 Å². The Hall–Kier alpha value is -3.39. The van der Waals surface area contributed by atoms with Crippen molar-refractivity contribution < 1.29 is 18.9 Å². The molecule has 0 atom stereocenters. The van der Waals surface area contributed by atoms with Crippen molar-refractivity contribution in [2.75, 3.05) is 6.54 Å². The standard InChI is InChI=1S/C17H12ClN3O5/c1-2-7-20-16(22)13(19-17(20)23)9-11-4-6-15(26-11)12-5-3-10(18)8-14(12)21(24)25/h2-6,8-9H,1,7H2,(H,19,23)/b13-9+. The van der Waals surface area contributed by atoms with Crippen LogP contribution in [0.25, 0.3) is 17.4 Å². The first-order chi connectivity index (χ1) is 12.4. The molecule has 132 valence electrons. The Labute approximate surface area is 152 Å². The maximum atomic E-state index is 12.1. The van der Waals surface area contributed by atoms with Crippen LogP contribution in [0.2, 0.25) is 5.02 Å². The zero-order valence-corrected chi connectivity index (χ0v) is 14.0. The first kappa shape index (κ1) is 17.4. The molecule has 3 amide bonds. The summed E-state index contributed by atoms with van der Waals surface area (Å²) in [5, 5.41) is 13.9. The molecule has 1 fully saturated rings. The van der Waals surface area contributed by atoms with E-state index in [-0.39, 0.29) is 40.0 Å². The lowest BCUT2D eigenvalue weighted by Crippen LogP contribution is -2.30. The highest BCUT2D eigenvalue weighted by Crippen LogP contribution is 2.33. The molecule has 0 radical (unpaired) electrons. The molecule has 1 aromatic carbocycles. The van der Waals surface area contributed by atoms with E-state index in [0.717, 1.165) is 4.90 Å². The van der Waals surface area contributed by atoms with Crippen LogP contribution in [-0.4, -0.2) is 28.3 Å². The van der Waals surface area contributed by atoms with E-state index in [0.29, 0.717) is 0 Å². The number of urea groups is 1. The lowest BCUT2D eigenvalue weighted by atomic mass is 10.1. The number of amides is 3. The fraction of sp³-hybridized carbons (Fsp3) is 0.0588. The number of nitrogens with one attached hydrogen (secondary N) is 1. The second kappa shape index (κ2) is 6.85. The first-order valence-corrected chi connectivity index (χ1v) is 7.78. The number of nitro benzene ring substituents is 1. The number of carbonyl (C=O) groups is 2. The van der Waals surface area contributed by atoms with Crippen molar-refractivity contribution in [2.24, 2.45) is 0 Å². The minimum Gasteiger partial charge on any atom is -0.456 e. The molecule has 1 saturated heterocycles. The topological polar surface area (TPSA) is 106 Å². The fourth-order valence-electron chi connectivity index (χ4n) is 2.45. The van der Waals surface area contributed by atoms with Crippen LogP contribution in [-0.2, 0) is 4.79 Å². The summed E-state index contributed by atoms with van der Waals surface area (Å²) in [7, 11) is 0. The van der Waals surface area contributed by atoms with Gasteiger partial charge < -0.3 is 9.73 Å². The van der Waals surface area contributed by atoms with Crippen molar-refractivity contribution in [1.82, 2.24) is 10.2 Å². The highest BCUT2D eigenvalue weighted by molar-refractivity contribution is 6.30. The van der Waals surface area contributed by atoms with Crippen LogP contribution >= 0.6 is 11.6 Å². The number of rotatable bonds is 5. The van der Waals surface area contributed by atoms with Gasteiger partial charge in [0.1, 0.15) is 17.2 Å². The molecular formula is C17H12ClN3O5. The summed E-state index contributed by atoms with van der Waals surface area (Å²) in [6.07, 6.45) is 2.79. The van der Waals surface area contributed by atoms with Crippen molar-refractivity contribution in [3.63, 3.8) is 0 Å². The monoisotopic (exact) mass is 373 g/mol. The fourth-order valence-corrected chi connectivity index (χ4v) is 2.61. The van der Waals surface area contributed by atoms with E-state index >= 15 is 0 Å². The lowest BCUT2D eigenvalue weighted by Gasteiger charge is -2.06. The Morgan fingerprint density at radius 3 is 2.77 bits per heavy atom. The second-order valence-electron chi connectivity index (χ2n) is 5.31. The number of hydrogen-bond donors (Lipinski definition) is 1. The number of hydrogen-bond acceptors (Lipinski definition) is 5. The summed E-state index contributed by atoms with van der Waals surface area (Å²) >= 11 is 5.80. The number of imide groups is 1. The predicted octanol–water partition coefficient (Wildman–Crippen LogP) is 3.59. The Morgan fingerprint density at radius 1 is 1.31 bits per heavy atom. The highest BCUT2D eigenvalue weighted by atomic mass is 35.5. The minimum atomic E-state index is -0.560. The molecule has 2 heterocycles. The predicted molar refractivity (Wildman–Crippen MR) is 94.2 cm³/mol. The molecule has 1 N–H and O–H groups in total. The van der Waals surface area contributed by atoms with E-state index in [1.807, 2.05) is 0 Å². The van der Waals surface area contributed by atoms with Crippen molar-refractivity contribution >= 4 is 35.3 Å². The lowest BCUT2D eigenvalue weighted by molar-refractivity contribution is -0.384. The Morgan fingerprint density at radius 2 is 2.08 bits per heavy atom. The van der Waals surface area contributed by atoms with Gasteiger partial charge in [0.15, 0.2) is 0 Å². The summed E-state index contributed by atoms with van der Waals surface area (Å²) in [4.78, 5) is 35.5. The van der Waals surface area contributed by atoms with Gasteiger partial charge >= 0.3 is 6.03 Å². The summed E-state index contributed by atoms with van der Waals surface area (Å²) in [5.41, 5.74) is 0.0935. The van der Waals surface area contributed by atoms with Crippen LogP contribution in [0.15, 0.2) is 53.1 Å². The van der Waals surface area contributed by atoms with Crippen LogP contribution in [0.1, 0.15) is 5.76 Å². The number of nitrogens with zero attached hydrogens (tertiary/aromatic N) is 2. The van der Waals surface area contributed by atoms with Crippen LogP contribution in [0, 0.1) is 10.1 Å². The second-order valence-corrected chi connectivity index (χ2v) is 5.75. The van der Waals surface area contributed by atoms with Gasteiger partial charge in [-0.2, -0.15) is 0 Å². The molecule has 1 aliphatic heterocycles. The van der Waals surface area contributed by atoms with Crippen LogP contribution in [0.3, 0.4) is 0 Å². The maximum absolute atomic E-state index is 12.1. The molecule has 9 heteroatoms. The SMILES string of the molecule is C=CCN1C(=O)N/C(=C/c2ccc(-c3ccc(Cl)cc3[N+](=O)[O-])o2)C1=O. The Bertz CT molecular complexity index is 963. The zero-order chi connectivity index (χ0) is 18.8. The van der Waals surface area contributed by atoms with Gasteiger partial charge in [-0.25, -0.2) is 4.79 Å². The maximum Gasteiger partial charge on any atom is 0.329 e. The minimum absolute atomic E-state index is 0.0448. The molecule has 0 unspecified atom stereocenters. The number of furan rings is 1. The van der Waals surface area contributed by atoms with Crippen molar-refractivity contribution in [3.05, 3.63) is 69.6 Å².